The van der Waals surface area contributed by atoms with Crippen molar-refractivity contribution in [1.29, 1.82) is 0 Å². The van der Waals surface area contributed by atoms with Crippen molar-refractivity contribution in [2.75, 3.05) is 0 Å². The van der Waals surface area contributed by atoms with Crippen LogP contribution in [0.3, 0.4) is 0 Å². The van der Waals surface area contributed by atoms with E-state index in [1.807, 2.05) is 0 Å². The molecule has 0 radical (unpaired) electrons. The van der Waals surface area contributed by atoms with E-state index in [0.717, 1.165) is 0 Å². The van der Waals surface area contributed by atoms with Crippen LogP contribution in [0, 0.1) is 13.8 Å². The molecule has 1 heteroatoms. The molecular formula is C18H18O. The van der Waals surface area contributed by atoms with Crippen molar-refractivity contribution in [2.45, 2.75) is 38.9 Å². The average molecular weight is 250 g/mol. The Morgan fingerprint density at radius 2 is 1.16 bits per heavy atom. The summed E-state index contributed by atoms with van der Waals surface area (Å²) in [7, 11) is 0. The standard InChI is InChI=1S/C18H18O/c1-11-9-15-16(10-12(11)2)18(4)14-8-6-5-7-13(14)17(15,3)19-18/h5-10H,1-4H3/t17-,18+. The smallest absolute Gasteiger partial charge is 0.118 e. The van der Waals surface area contributed by atoms with Gasteiger partial charge in [-0.3, -0.25) is 0 Å². The zero-order valence-corrected chi connectivity index (χ0v) is 11.9. The first-order valence-electron chi connectivity index (χ1n) is 6.89. The van der Waals surface area contributed by atoms with Crippen molar-refractivity contribution in [3.63, 3.8) is 0 Å². The maximum Gasteiger partial charge on any atom is 0.118 e. The van der Waals surface area contributed by atoms with Crippen molar-refractivity contribution >= 4 is 0 Å². The highest BCUT2D eigenvalue weighted by Gasteiger charge is 2.58. The highest BCUT2D eigenvalue weighted by Crippen LogP contribution is 2.61. The molecule has 2 aliphatic rings. The van der Waals surface area contributed by atoms with Gasteiger partial charge in [0.1, 0.15) is 11.2 Å². The first-order valence-corrected chi connectivity index (χ1v) is 6.89. The monoisotopic (exact) mass is 250 g/mol. The summed E-state index contributed by atoms with van der Waals surface area (Å²) in [6, 6.07) is 13.3. The lowest BCUT2D eigenvalue weighted by Gasteiger charge is -2.27. The topological polar surface area (TPSA) is 9.23 Å². The third-order valence-electron chi connectivity index (χ3n) is 5.03. The number of aryl methyl sites for hydroxylation is 2. The van der Waals surface area contributed by atoms with Gasteiger partial charge < -0.3 is 4.74 Å². The van der Waals surface area contributed by atoms with Crippen LogP contribution < -0.4 is 0 Å². The van der Waals surface area contributed by atoms with Gasteiger partial charge >= 0.3 is 0 Å². The first-order chi connectivity index (χ1) is 8.97. The summed E-state index contributed by atoms with van der Waals surface area (Å²) in [4.78, 5) is 0. The molecule has 2 atom stereocenters. The van der Waals surface area contributed by atoms with E-state index in [1.165, 1.54) is 33.4 Å². The summed E-state index contributed by atoms with van der Waals surface area (Å²) in [5.74, 6) is 0. The van der Waals surface area contributed by atoms with Crippen LogP contribution in [0.5, 0.6) is 0 Å². The highest BCUT2D eigenvalue weighted by molar-refractivity contribution is 5.62. The molecule has 0 fully saturated rings. The van der Waals surface area contributed by atoms with Gasteiger partial charge in [-0.2, -0.15) is 0 Å². The number of benzene rings is 2. The molecule has 2 bridgehead atoms. The average Bonchev–Trinajstić information content (AvgIpc) is 2.75. The third kappa shape index (κ3) is 1.11. The van der Waals surface area contributed by atoms with Crippen LogP contribution >= 0.6 is 0 Å². The predicted molar refractivity (Wildman–Crippen MR) is 76.4 cm³/mol. The molecule has 0 aliphatic carbocycles. The Morgan fingerprint density at radius 3 is 1.58 bits per heavy atom. The van der Waals surface area contributed by atoms with Crippen LogP contribution in [0.1, 0.15) is 47.2 Å². The maximum atomic E-state index is 6.50. The first kappa shape index (κ1) is 11.2. The van der Waals surface area contributed by atoms with Gasteiger partial charge in [-0.1, -0.05) is 36.4 Å². The summed E-state index contributed by atoms with van der Waals surface area (Å²) in [6.07, 6.45) is 0. The summed E-state index contributed by atoms with van der Waals surface area (Å²) in [6.45, 7) is 8.77. The second-order valence-electron chi connectivity index (χ2n) is 6.20. The minimum absolute atomic E-state index is 0.279. The lowest BCUT2D eigenvalue weighted by Crippen LogP contribution is -2.22. The van der Waals surface area contributed by atoms with Crippen molar-refractivity contribution in [3.05, 3.63) is 69.8 Å². The fraction of sp³-hybridized carbons (Fsp3) is 0.333. The molecule has 96 valence electrons. The molecule has 2 heterocycles. The molecule has 0 spiro atoms. The van der Waals surface area contributed by atoms with Crippen LogP contribution in [0.25, 0.3) is 0 Å². The molecule has 2 aromatic rings. The van der Waals surface area contributed by atoms with Gasteiger partial charge in [0.2, 0.25) is 0 Å². The molecule has 0 saturated heterocycles. The minimum atomic E-state index is -0.279. The number of fused-ring (bicyclic) bond motifs is 8. The largest absolute Gasteiger partial charge is 0.350 e. The quantitative estimate of drug-likeness (QED) is 0.681. The SMILES string of the molecule is Cc1cc2c(cc1C)[C@]1(C)O[C@@]2(C)c2ccccc21. The lowest BCUT2D eigenvalue weighted by atomic mass is 9.73. The number of hydrogen-bond acceptors (Lipinski definition) is 1. The molecule has 19 heavy (non-hydrogen) atoms. The Bertz CT molecular complexity index is 656. The second kappa shape index (κ2) is 3.10. The van der Waals surface area contributed by atoms with E-state index in [2.05, 4.69) is 64.1 Å². The molecule has 0 saturated carbocycles. The molecular weight excluding hydrogens is 232 g/mol. The van der Waals surface area contributed by atoms with E-state index in [4.69, 9.17) is 4.74 Å². The Balaban J connectivity index is 2.12. The van der Waals surface area contributed by atoms with E-state index >= 15 is 0 Å². The summed E-state index contributed by atoms with van der Waals surface area (Å²) in [5, 5.41) is 0. The molecule has 0 N–H and O–H groups in total. The number of hydrogen-bond donors (Lipinski definition) is 0. The number of ether oxygens (including phenoxy) is 1. The van der Waals surface area contributed by atoms with Crippen LogP contribution in [0.4, 0.5) is 0 Å². The van der Waals surface area contributed by atoms with E-state index in [1.54, 1.807) is 0 Å². The van der Waals surface area contributed by atoms with Gasteiger partial charge in [0.15, 0.2) is 0 Å². The molecule has 1 nitrogen and oxygen atoms in total. The van der Waals surface area contributed by atoms with E-state index in [9.17, 15) is 0 Å². The minimum Gasteiger partial charge on any atom is -0.350 e. The molecule has 4 rings (SSSR count). The van der Waals surface area contributed by atoms with Crippen molar-refractivity contribution < 1.29 is 4.74 Å². The van der Waals surface area contributed by atoms with Crippen LogP contribution in [0.15, 0.2) is 36.4 Å². The second-order valence-corrected chi connectivity index (χ2v) is 6.20. The van der Waals surface area contributed by atoms with Crippen molar-refractivity contribution in [3.8, 4) is 0 Å². The van der Waals surface area contributed by atoms with E-state index in [-0.39, 0.29) is 11.2 Å². The molecule has 2 aliphatic heterocycles. The van der Waals surface area contributed by atoms with Gasteiger partial charge in [0.25, 0.3) is 0 Å². The fourth-order valence-electron chi connectivity index (χ4n) is 3.84. The van der Waals surface area contributed by atoms with Crippen LogP contribution in [-0.2, 0) is 15.9 Å². The summed E-state index contributed by atoms with van der Waals surface area (Å²) >= 11 is 0. The lowest BCUT2D eigenvalue weighted by molar-refractivity contribution is -0.0515. The Labute approximate surface area is 114 Å². The zero-order chi connectivity index (χ0) is 13.4. The van der Waals surface area contributed by atoms with Gasteiger partial charge in [-0.25, -0.2) is 0 Å². The Morgan fingerprint density at radius 1 is 0.737 bits per heavy atom. The van der Waals surface area contributed by atoms with E-state index in [0.29, 0.717) is 0 Å². The zero-order valence-electron chi connectivity index (χ0n) is 11.9. The van der Waals surface area contributed by atoms with Gasteiger partial charge in [0, 0.05) is 0 Å². The molecule has 0 unspecified atom stereocenters. The summed E-state index contributed by atoms with van der Waals surface area (Å²) in [5.41, 5.74) is 7.47. The Hall–Kier alpha value is -1.60. The predicted octanol–water partition coefficient (Wildman–Crippen LogP) is 4.17. The van der Waals surface area contributed by atoms with Crippen LogP contribution in [0.2, 0.25) is 0 Å². The van der Waals surface area contributed by atoms with Gasteiger partial charge in [-0.05, 0) is 61.1 Å². The number of rotatable bonds is 0. The molecule has 2 aromatic carbocycles. The van der Waals surface area contributed by atoms with E-state index < -0.39 is 0 Å². The normalized spacial score (nSPS) is 30.3. The van der Waals surface area contributed by atoms with Gasteiger partial charge in [-0.15, -0.1) is 0 Å². The maximum absolute atomic E-state index is 6.50. The summed E-state index contributed by atoms with van der Waals surface area (Å²) < 4.78 is 6.50. The van der Waals surface area contributed by atoms with Crippen molar-refractivity contribution in [2.24, 2.45) is 0 Å². The molecule has 0 amide bonds. The van der Waals surface area contributed by atoms with Crippen LogP contribution in [-0.4, -0.2) is 0 Å². The third-order valence-corrected chi connectivity index (χ3v) is 5.03. The van der Waals surface area contributed by atoms with Crippen molar-refractivity contribution in [1.82, 2.24) is 0 Å². The Kier molecular flexibility index (Phi) is 1.84. The highest BCUT2D eigenvalue weighted by atomic mass is 16.5. The molecule has 0 aromatic heterocycles. The fourth-order valence-corrected chi connectivity index (χ4v) is 3.84. The van der Waals surface area contributed by atoms with Gasteiger partial charge in [0.05, 0.1) is 0 Å².